The smallest absolute Gasteiger partial charge is 0.0752 e. The molecule has 4 saturated carbocycles. The Hall–Kier alpha value is -1.16. The molecule has 1 aromatic rings. The maximum atomic E-state index is 7.13. The fourth-order valence-corrected chi connectivity index (χ4v) is 10.9. The number of hydrogen-bond acceptors (Lipinski definition) is 3. The summed E-state index contributed by atoms with van der Waals surface area (Å²) in [5, 5.41) is 8.46. The summed E-state index contributed by atoms with van der Waals surface area (Å²) in [6.45, 7) is 10.2. The monoisotopic (exact) mass is 477 g/mol. The summed E-state index contributed by atoms with van der Waals surface area (Å²) in [7, 11) is 0. The Morgan fingerprint density at radius 2 is 1.86 bits per heavy atom. The predicted octanol–water partition coefficient (Wildman–Crippen LogP) is 7.38. The molecule has 11 atom stereocenters. The highest BCUT2D eigenvalue weighted by atomic mass is 16.5. The van der Waals surface area contributed by atoms with Gasteiger partial charge in [0.2, 0.25) is 0 Å². The molecule has 0 N–H and O–H groups in total. The number of rotatable bonds is 1. The van der Waals surface area contributed by atoms with Crippen LogP contribution in [0.2, 0.25) is 0 Å². The van der Waals surface area contributed by atoms with Gasteiger partial charge in [0.05, 0.1) is 23.9 Å². The van der Waals surface area contributed by atoms with E-state index in [4.69, 9.17) is 4.74 Å². The molecule has 1 saturated heterocycles. The summed E-state index contributed by atoms with van der Waals surface area (Å²) in [6, 6.07) is 0.562. The maximum Gasteiger partial charge on any atom is 0.0752 e. The molecular weight excluding hydrogens is 430 g/mol. The van der Waals surface area contributed by atoms with Crippen molar-refractivity contribution in [3.05, 3.63) is 23.5 Å². The Morgan fingerprint density at radius 3 is 2.69 bits per heavy atom. The average molecular weight is 478 g/mol. The van der Waals surface area contributed by atoms with E-state index in [1.54, 1.807) is 5.57 Å². The highest BCUT2D eigenvalue weighted by Crippen LogP contribution is 2.66. The first-order chi connectivity index (χ1) is 16.9. The van der Waals surface area contributed by atoms with E-state index >= 15 is 0 Å². The standard InChI is InChI=1S/C31H47N3O/c1-19-5-7-24-21(3)31(35-29(24)15-19)12-10-25-26-8-6-22-16-23(34-14-13-32-33-34)9-11-30(22,4)28(26)17-27(25)20(2)18-31/h13-14,19,21-26,28-29H,5-12,15-18H2,1-4H3/t19-,21-,22-,23-,24+,25+,26+,28+,29-,30+,31+/m1/s1. The van der Waals surface area contributed by atoms with E-state index in [-0.39, 0.29) is 5.60 Å². The molecule has 2 heterocycles. The number of allylic oxidation sites excluding steroid dienone is 1. The zero-order valence-electron chi connectivity index (χ0n) is 22.6. The Labute approximate surface area is 212 Å². The molecule has 6 aliphatic rings. The minimum Gasteiger partial charge on any atom is -0.371 e. The van der Waals surface area contributed by atoms with Gasteiger partial charge in [0.1, 0.15) is 0 Å². The van der Waals surface area contributed by atoms with Gasteiger partial charge >= 0.3 is 0 Å². The van der Waals surface area contributed by atoms with Gasteiger partial charge in [0.25, 0.3) is 0 Å². The molecule has 0 aromatic carbocycles. The predicted molar refractivity (Wildman–Crippen MR) is 139 cm³/mol. The zero-order chi connectivity index (χ0) is 23.9. The number of nitrogens with zero attached hydrogens (tertiary/aromatic N) is 3. The summed E-state index contributed by atoms with van der Waals surface area (Å²) in [4.78, 5) is 0. The fraction of sp³-hybridized carbons (Fsp3) is 0.871. The number of hydrogen-bond donors (Lipinski definition) is 0. The summed E-state index contributed by atoms with van der Waals surface area (Å²) < 4.78 is 9.28. The van der Waals surface area contributed by atoms with Crippen LogP contribution in [0, 0.1) is 46.8 Å². The zero-order valence-corrected chi connectivity index (χ0v) is 22.6. The minimum absolute atomic E-state index is 0.132. The van der Waals surface area contributed by atoms with Crippen molar-refractivity contribution >= 4 is 0 Å². The fourth-order valence-electron chi connectivity index (χ4n) is 10.9. The van der Waals surface area contributed by atoms with Crippen molar-refractivity contribution in [1.82, 2.24) is 15.0 Å². The van der Waals surface area contributed by atoms with Crippen molar-refractivity contribution in [1.29, 1.82) is 0 Å². The van der Waals surface area contributed by atoms with Crippen LogP contribution in [0.4, 0.5) is 0 Å². The first kappa shape index (κ1) is 23.0. The van der Waals surface area contributed by atoms with Crippen LogP contribution in [0.25, 0.3) is 0 Å². The van der Waals surface area contributed by atoms with Crippen LogP contribution in [0.3, 0.4) is 0 Å². The van der Waals surface area contributed by atoms with Gasteiger partial charge in [-0.3, -0.25) is 0 Å². The van der Waals surface area contributed by atoms with Crippen LogP contribution in [0.1, 0.15) is 111 Å². The van der Waals surface area contributed by atoms with Gasteiger partial charge in [-0.1, -0.05) is 43.6 Å². The lowest BCUT2D eigenvalue weighted by atomic mass is 9.52. The largest absolute Gasteiger partial charge is 0.371 e. The number of ether oxygens (including phenoxy) is 1. The molecule has 0 radical (unpaired) electrons. The van der Waals surface area contributed by atoms with Crippen molar-refractivity contribution in [3.63, 3.8) is 0 Å². The summed E-state index contributed by atoms with van der Waals surface area (Å²) in [5.74, 6) is 5.88. The molecule has 0 bridgehead atoms. The van der Waals surface area contributed by atoms with E-state index in [0.29, 0.717) is 17.6 Å². The molecular formula is C31H47N3O. The van der Waals surface area contributed by atoms with E-state index in [2.05, 4.69) is 48.9 Å². The lowest BCUT2D eigenvalue weighted by Gasteiger charge is -2.54. The van der Waals surface area contributed by atoms with Crippen LogP contribution in [0.15, 0.2) is 23.5 Å². The second-order valence-corrected chi connectivity index (χ2v) is 14.3. The topological polar surface area (TPSA) is 39.9 Å². The Balaban J connectivity index is 1.13. The molecule has 1 aromatic heterocycles. The molecule has 4 nitrogen and oxygen atoms in total. The Bertz CT molecular complexity index is 985. The van der Waals surface area contributed by atoms with E-state index in [9.17, 15) is 0 Å². The van der Waals surface area contributed by atoms with Crippen LogP contribution in [-0.4, -0.2) is 26.7 Å². The van der Waals surface area contributed by atoms with Crippen LogP contribution in [-0.2, 0) is 4.74 Å². The van der Waals surface area contributed by atoms with Crippen LogP contribution in [0.5, 0.6) is 0 Å². The van der Waals surface area contributed by atoms with Crippen molar-refractivity contribution in [3.8, 4) is 0 Å². The Kier molecular flexibility index (Phi) is 5.37. The summed E-state index contributed by atoms with van der Waals surface area (Å²) in [6.07, 6.45) is 20.7. The highest BCUT2D eigenvalue weighted by molar-refractivity contribution is 5.29. The molecule has 4 heteroatoms. The van der Waals surface area contributed by atoms with Crippen molar-refractivity contribution in [2.75, 3.05) is 0 Å². The normalized spacial score (nSPS) is 51.5. The number of aromatic nitrogens is 3. The van der Waals surface area contributed by atoms with Gasteiger partial charge in [0.15, 0.2) is 0 Å². The second kappa shape index (κ2) is 8.17. The first-order valence-corrected chi connectivity index (χ1v) is 15.1. The Morgan fingerprint density at radius 1 is 1.00 bits per heavy atom. The SMILES string of the molecule is CC1=C2C[C@H]3[C@@H](CC[C@@H]4C[C@H](n5ccnn5)CC[C@@]43C)[C@@H]2CC[C@@]2(C1)O[C@@H]1C[C@H](C)CC[C@H]1[C@H]2C. The third-order valence-corrected chi connectivity index (χ3v) is 12.9. The second-order valence-electron chi connectivity index (χ2n) is 14.3. The van der Waals surface area contributed by atoms with Crippen molar-refractivity contribution < 1.29 is 4.74 Å². The van der Waals surface area contributed by atoms with Crippen molar-refractivity contribution in [2.24, 2.45) is 46.8 Å². The molecule has 1 aliphatic heterocycles. The minimum atomic E-state index is 0.132. The van der Waals surface area contributed by atoms with E-state index in [1.165, 1.54) is 77.0 Å². The van der Waals surface area contributed by atoms with Crippen molar-refractivity contribution in [2.45, 2.75) is 122 Å². The molecule has 192 valence electrons. The first-order valence-electron chi connectivity index (χ1n) is 15.1. The summed E-state index contributed by atoms with van der Waals surface area (Å²) in [5.41, 5.74) is 4.26. The molecule has 1 spiro atoms. The highest BCUT2D eigenvalue weighted by Gasteiger charge is 2.59. The van der Waals surface area contributed by atoms with Gasteiger partial charge in [-0.05, 0) is 124 Å². The molecule has 0 amide bonds. The van der Waals surface area contributed by atoms with E-state index in [1.807, 2.05) is 11.8 Å². The van der Waals surface area contributed by atoms with Gasteiger partial charge in [-0.2, -0.15) is 0 Å². The molecule has 0 unspecified atom stereocenters. The lowest BCUT2D eigenvalue weighted by Crippen LogP contribution is -2.46. The number of fused-ring (bicyclic) bond motifs is 6. The quantitative estimate of drug-likeness (QED) is 0.396. The van der Waals surface area contributed by atoms with Gasteiger partial charge in [-0.25, -0.2) is 4.68 Å². The summed E-state index contributed by atoms with van der Waals surface area (Å²) >= 11 is 0. The van der Waals surface area contributed by atoms with Gasteiger partial charge in [0, 0.05) is 6.20 Å². The molecule has 7 rings (SSSR count). The van der Waals surface area contributed by atoms with Gasteiger partial charge < -0.3 is 4.74 Å². The van der Waals surface area contributed by atoms with Crippen LogP contribution < -0.4 is 0 Å². The average Bonchev–Trinajstić information content (AvgIpc) is 3.53. The lowest BCUT2D eigenvalue weighted by molar-refractivity contribution is -0.0768. The third-order valence-electron chi connectivity index (χ3n) is 12.9. The van der Waals surface area contributed by atoms with E-state index in [0.717, 1.165) is 41.4 Å². The van der Waals surface area contributed by atoms with Crippen LogP contribution >= 0.6 is 0 Å². The third kappa shape index (κ3) is 3.40. The molecule has 35 heavy (non-hydrogen) atoms. The molecule has 5 aliphatic carbocycles. The van der Waals surface area contributed by atoms with Gasteiger partial charge in [-0.15, -0.1) is 5.10 Å². The maximum absolute atomic E-state index is 7.13. The van der Waals surface area contributed by atoms with E-state index < -0.39 is 0 Å². The molecule has 5 fully saturated rings.